The second-order valence-corrected chi connectivity index (χ2v) is 9.65. The van der Waals surface area contributed by atoms with Gasteiger partial charge in [0.25, 0.3) is 11.8 Å². The molecular weight excluding hydrogens is 581 g/mol. The second-order valence-electron chi connectivity index (χ2n) is 9.65. The largest absolute Gasteiger partial charge is 0.480 e. The second kappa shape index (κ2) is 10.9. The number of nitrogens with zero attached hydrogens (tertiary/aromatic N) is 5. The minimum atomic E-state index is -5.10. The molecule has 0 bridgehead atoms. The van der Waals surface area contributed by atoms with Crippen LogP contribution in [0.15, 0.2) is 24.7 Å². The number of alkyl halides is 7. The van der Waals surface area contributed by atoms with Crippen molar-refractivity contribution in [2.45, 2.75) is 49.9 Å². The fraction of sp³-hybridized carbons (Fsp3) is 0.458. The highest BCUT2D eigenvalue weighted by atomic mass is 19.4. The molecule has 4 heterocycles. The highest BCUT2D eigenvalue weighted by Crippen LogP contribution is 2.39. The third kappa shape index (κ3) is 5.37. The van der Waals surface area contributed by atoms with Crippen LogP contribution < -0.4 is 21.5 Å². The van der Waals surface area contributed by atoms with Gasteiger partial charge in [-0.05, 0) is 18.6 Å². The van der Waals surface area contributed by atoms with Crippen molar-refractivity contribution >= 4 is 23.1 Å². The van der Waals surface area contributed by atoms with Crippen LogP contribution >= 0.6 is 0 Å². The van der Waals surface area contributed by atoms with Gasteiger partial charge in [-0.25, -0.2) is 18.9 Å². The number of nitrogen functional groups attached to an aromatic ring is 1. The molecule has 4 rings (SSSR count). The lowest BCUT2D eigenvalue weighted by molar-refractivity contribution is -0.198. The summed E-state index contributed by atoms with van der Waals surface area (Å²) in [4.78, 5) is 34.1. The maximum Gasteiger partial charge on any atom is 0.418 e. The summed E-state index contributed by atoms with van der Waals surface area (Å²) in [6, 6.07) is 0.412. The van der Waals surface area contributed by atoms with Crippen LogP contribution in [0.25, 0.3) is 16.8 Å². The normalized spacial score (nSPS) is 19.1. The highest BCUT2D eigenvalue weighted by Gasteiger charge is 2.59. The number of ether oxygens (including phenoxy) is 1. The maximum atomic E-state index is 14.9. The molecule has 3 atom stereocenters. The number of carbonyl (C=O) groups is 2. The molecule has 1 fully saturated rings. The predicted octanol–water partition coefficient (Wildman–Crippen LogP) is 2.74. The molecule has 0 saturated carbocycles. The number of methoxy groups -OCH3 is 1. The van der Waals surface area contributed by atoms with Gasteiger partial charge in [-0.3, -0.25) is 9.59 Å². The first-order valence-electron chi connectivity index (χ1n) is 12.4. The molecule has 1 saturated heterocycles. The molecule has 228 valence electrons. The van der Waals surface area contributed by atoms with Crippen LogP contribution in [0.1, 0.15) is 35.7 Å². The molecule has 11 nitrogen and oxygen atoms in total. The number of aromatic nitrogens is 4. The summed E-state index contributed by atoms with van der Waals surface area (Å²) in [5, 5.41) is 6.13. The number of amides is 2. The molecule has 3 aromatic rings. The van der Waals surface area contributed by atoms with Gasteiger partial charge in [-0.1, -0.05) is 13.3 Å². The van der Waals surface area contributed by atoms with Crippen molar-refractivity contribution in [3.05, 3.63) is 35.8 Å². The monoisotopic (exact) mass is 606 g/mol. The van der Waals surface area contributed by atoms with E-state index in [0.29, 0.717) is 4.90 Å². The summed E-state index contributed by atoms with van der Waals surface area (Å²) in [6.45, 7) is 0.0353. The van der Waals surface area contributed by atoms with Gasteiger partial charge in [0.2, 0.25) is 5.88 Å². The van der Waals surface area contributed by atoms with Gasteiger partial charge in [0, 0.05) is 18.3 Å². The number of rotatable bonds is 7. The summed E-state index contributed by atoms with van der Waals surface area (Å²) in [7, 11) is 1.15. The van der Waals surface area contributed by atoms with Crippen LogP contribution in [0, 0.1) is 0 Å². The number of carbonyl (C=O) groups excluding carboxylic acids is 2. The average Bonchev–Trinajstić information content (AvgIpc) is 3.49. The Bertz CT molecular complexity index is 1510. The van der Waals surface area contributed by atoms with E-state index in [0.717, 1.165) is 36.3 Å². The van der Waals surface area contributed by atoms with Gasteiger partial charge in [-0.15, -0.1) is 0 Å². The van der Waals surface area contributed by atoms with Gasteiger partial charge in [0.05, 0.1) is 31.0 Å². The lowest BCUT2D eigenvalue weighted by Gasteiger charge is -2.33. The molecule has 1 aliphatic rings. The molecule has 2 unspecified atom stereocenters. The van der Waals surface area contributed by atoms with Crippen molar-refractivity contribution in [2.75, 3.05) is 25.9 Å². The summed E-state index contributed by atoms with van der Waals surface area (Å²) >= 11 is 0. The van der Waals surface area contributed by atoms with E-state index in [1.807, 2.05) is 0 Å². The Balaban J connectivity index is 1.64. The van der Waals surface area contributed by atoms with Crippen molar-refractivity contribution in [1.29, 1.82) is 0 Å². The third-order valence-electron chi connectivity index (χ3n) is 6.86. The molecule has 0 radical (unpaired) electrons. The Hall–Kier alpha value is -4.22. The van der Waals surface area contributed by atoms with E-state index in [1.54, 1.807) is 0 Å². The van der Waals surface area contributed by atoms with Crippen LogP contribution in [0.3, 0.4) is 0 Å². The number of likely N-dealkylation sites (tertiary alicyclic amines) is 1. The van der Waals surface area contributed by atoms with E-state index < -0.39 is 78.3 Å². The van der Waals surface area contributed by atoms with Crippen molar-refractivity contribution in [1.82, 2.24) is 29.8 Å². The number of hydrogen-bond acceptors (Lipinski definition) is 8. The first-order valence-corrected chi connectivity index (χ1v) is 12.4. The predicted molar refractivity (Wildman–Crippen MR) is 133 cm³/mol. The standard InChI is InChI=1S/C24H25F7N8O3/c1-3-4-22(33,24(29,30)31)21(41)38-8-14(25)15(9-38)37-19(40)12-5-11(7-34-20(12)42-2)16-6-13(23(26,27)28)17-18(32)35-10-36-39(16)17/h5-7,10,14-15H,3-4,8-9,33H2,1-2H3,(H,37,40)(H2,32,35,36)/t14-,15?,22?/m0/s1. The van der Waals surface area contributed by atoms with Crippen LogP contribution in [-0.2, 0) is 11.0 Å². The first-order chi connectivity index (χ1) is 19.5. The van der Waals surface area contributed by atoms with E-state index >= 15 is 0 Å². The molecule has 18 heteroatoms. The number of halogens is 7. The van der Waals surface area contributed by atoms with E-state index in [1.165, 1.54) is 6.92 Å². The Kier molecular flexibility index (Phi) is 7.96. The minimum absolute atomic E-state index is 0.0396. The number of nitrogens with one attached hydrogen (secondary N) is 1. The number of pyridine rings is 1. The zero-order valence-electron chi connectivity index (χ0n) is 22.1. The Labute approximate surface area is 233 Å². The van der Waals surface area contributed by atoms with Gasteiger partial charge < -0.3 is 26.4 Å². The van der Waals surface area contributed by atoms with E-state index in [9.17, 15) is 40.3 Å². The SMILES string of the molecule is CCCC(N)(C(=O)N1CC(NC(=O)c2cc(-c3cc(C(F)(F)F)c4c(N)ncnn34)cnc2OC)[C@@H](F)C1)C(F)(F)F. The topological polar surface area (TPSA) is 154 Å². The average molecular weight is 607 g/mol. The van der Waals surface area contributed by atoms with Crippen LogP contribution in [0.5, 0.6) is 5.88 Å². The molecule has 0 aromatic carbocycles. The van der Waals surface area contributed by atoms with Crippen LogP contribution in [0.2, 0.25) is 0 Å². The number of nitrogens with two attached hydrogens (primary N) is 2. The minimum Gasteiger partial charge on any atom is -0.480 e. The maximum absolute atomic E-state index is 14.9. The molecule has 0 aliphatic carbocycles. The molecule has 2 amide bonds. The zero-order valence-corrected chi connectivity index (χ0v) is 22.1. The molecular formula is C24H25F7N8O3. The lowest BCUT2D eigenvalue weighted by atomic mass is 9.92. The van der Waals surface area contributed by atoms with Gasteiger partial charge in [0.1, 0.15) is 23.6 Å². The Morgan fingerprint density at radius 2 is 1.83 bits per heavy atom. The zero-order chi connectivity index (χ0) is 31.2. The molecule has 42 heavy (non-hydrogen) atoms. The fourth-order valence-corrected chi connectivity index (χ4v) is 4.77. The number of anilines is 1. The Morgan fingerprint density at radius 3 is 2.43 bits per heavy atom. The summed E-state index contributed by atoms with van der Waals surface area (Å²) in [5.41, 5.74) is 5.65. The van der Waals surface area contributed by atoms with E-state index in [2.05, 4.69) is 20.4 Å². The summed E-state index contributed by atoms with van der Waals surface area (Å²) in [6.07, 6.45) is -10.7. The number of hydrogen-bond donors (Lipinski definition) is 3. The fourth-order valence-electron chi connectivity index (χ4n) is 4.77. The molecule has 3 aromatic heterocycles. The lowest BCUT2D eigenvalue weighted by Crippen LogP contribution is -2.64. The quantitative estimate of drug-likeness (QED) is 0.347. The van der Waals surface area contributed by atoms with Gasteiger partial charge in [-0.2, -0.15) is 31.4 Å². The summed E-state index contributed by atoms with van der Waals surface area (Å²) in [5.74, 6) is -3.29. The van der Waals surface area contributed by atoms with Crippen molar-refractivity contribution in [3.8, 4) is 17.1 Å². The summed E-state index contributed by atoms with van der Waals surface area (Å²) < 4.78 is 103. The Morgan fingerprint density at radius 1 is 1.14 bits per heavy atom. The van der Waals surface area contributed by atoms with Crippen molar-refractivity contribution < 1.29 is 45.1 Å². The van der Waals surface area contributed by atoms with E-state index in [4.69, 9.17) is 16.2 Å². The highest BCUT2D eigenvalue weighted by molar-refractivity contribution is 5.98. The first kappa shape index (κ1) is 30.7. The molecule has 1 aliphatic heterocycles. The smallest absolute Gasteiger partial charge is 0.418 e. The van der Waals surface area contributed by atoms with E-state index in [-0.39, 0.29) is 29.1 Å². The van der Waals surface area contributed by atoms with Crippen LogP contribution in [0.4, 0.5) is 36.6 Å². The molecule has 0 spiro atoms. The van der Waals surface area contributed by atoms with Crippen LogP contribution in [-0.4, -0.2) is 80.4 Å². The van der Waals surface area contributed by atoms with Crippen molar-refractivity contribution in [3.63, 3.8) is 0 Å². The van der Waals surface area contributed by atoms with Crippen molar-refractivity contribution in [2.24, 2.45) is 5.73 Å². The third-order valence-corrected chi connectivity index (χ3v) is 6.86. The number of fused-ring (bicyclic) bond motifs is 1. The molecule has 5 N–H and O–H groups in total. The van der Waals surface area contributed by atoms with Gasteiger partial charge >= 0.3 is 12.4 Å². The van der Waals surface area contributed by atoms with Gasteiger partial charge in [0.15, 0.2) is 11.4 Å².